The molecule has 182 valence electrons. The molecule has 3 aliphatic carbocycles. The fraction of sp³-hybridized carbons (Fsp3) is 0.640. The fourth-order valence-corrected chi connectivity index (χ4v) is 7.01. The number of aromatic hydroxyl groups is 1. The molecule has 2 spiro atoms. The summed E-state index contributed by atoms with van der Waals surface area (Å²) < 4.78 is 5.26. The number of nitrogens with zero attached hydrogens (tertiary/aromatic N) is 1. The van der Waals surface area contributed by atoms with Gasteiger partial charge in [0.2, 0.25) is 0 Å². The number of benzene rings is 1. The zero-order valence-corrected chi connectivity index (χ0v) is 20.0. The van der Waals surface area contributed by atoms with Crippen LogP contribution >= 0.6 is 0 Å². The molecule has 5 rings (SSSR count). The first-order valence-corrected chi connectivity index (χ1v) is 11.7. The minimum absolute atomic E-state index is 0.0303. The standard InChI is InChI=1S/C21H24N2O5.C3H8.CH4O/c1-23-11-20-8-12-2-5-15(28-19(27)22-6-7-24)17(26)16(12)21(10-20)9-13(25)3-4-14(21)18(20)23;1-3-2;1-2/h2,5,7,14,18,26H,3-4,6,8-11H2,1H3,(H,22,27);3H2,1-2H3;2H,1H3. The summed E-state index contributed by atoms with van der Waals surface area (Å²) in [6.07, 6.45) is 4.73. The summed E-state index contributed by atoms with van der Waals surface area (Å²) in [5.74, 6) is 0.627. The summed E-state index contributed by atoms with van der Waals surface area (Å²) in [7, 11) is 3.15. The Kier molecular flexibility index (Phi) is 7.49. The number of rotatable bonds is 3. The molecular formula is C25H36N2O6. The second kappa shape index (κ2) is 9.81. The second-order valence-electron chi connectivity index (χ2n) is 9.68. The lowest BCUT2D eigenvalue weighted by molar-refractivity contribution is -0.123. The SMILES string of the molecule is CCC.CN1CC23Cc4ccc(OC(=O)NCC=O)c(O)c4C4(CC(=O)CCC4C12)C3.CO. The van der Waals surface area contributed by atoms with Gasteiger partial charge >= 0.3 is 6.09 Å². The van der Waals surface area contributed by atoms with Crippen LogP contribution in [0.3, 0.4) is 0 Å². The molecule has 4 aliphatic rings. The molecule has 33 heavy (non-hydrogen) atoms. The van der Waals surface area contributed by atoms with Crippen molar-refractivity contribution in [1.29, 1.82) is 0 Å². The summed E-state index contributed by atoms with van der Waals surface area (Å²) in [5.41, 5.74) is 1.69. The van der Waals surface area contributed by atoms with Crippen LogP contribution in [-0.4, -0.2) is 66.6 Å². The first kappa shape index (κ1) is 25.2. The Bertz CT molecular complexity index is 918. The minimum atomic E-state index is -0.783. The number of aliphatic hydroxyl groups is 1. The van der Waals surface area contributed by atoms with Gasteiger partial charge in [0.1, 0.15) is 12.1 Å². The van der Waals surface area contributed by atoms with Crippen LogP contribution in [0.15, 0.2) is 12.1 Å². The highest BCUT2D eigenvalue weighted by Crippen LogP contribution is 2.70. The number of ether oxygens (including phenoxy) is 1. The van der Waals surface area contributed by atoms with Crippen molar-refractivity contribution < 1.29 is 29.3 Å². The van der Waals surface area contributed by atoms with Crippen molar-refractivity contribution in [3.05, 3.63) is 23.3 Å². The normalized spacial score (nSPS) is 30.6. The first-order chi connectivity index (χ1) is 15.8. The summed E-state index contributed by atoms with van der Waals surface area (Å²) in [6, 6.07) is 3.98. The molecule has 4 unspecified atom stereocenters. The molecular weight excluding hydrogens is 424 g/mol. The predicted octanol–water partition coefficient (Wildman–Crippen LogP) is 2.57. The van der Waals surface area contributed by atoms with E-state index in [-0.39, 0.29) is 34.7 Å². The lowest BCUT2D eigenvalue weighted by Gasteiger charge is -2.55. The average Bonchev–Trinajstić information content (AvgIpc) is 2.95. The molecule has 1 aromatic rings. The number of hydrogen-bond acceptors (Lipinski definition) is 7. The van der Waals surface area contributed by atoms with E-state index in [1.165, 1.54) is 6.42 Å². The molecule has 3 fully saturated rings. The number of Topliss-reactive ketones (excluding diaryl/α,β-unsaturated/α-hetero) is 1. The monoisotopic (exact) mass is 460 g/mol. The highest BCUT2D eigenvalue weighted by molar-refractivity contribution is 5.83. The van der Waals surface area contributed by atoms with Crippen molar-refractivity contribution >= 4 is 18.2 Å². The van der Waals surface area contributed by atoms with Gasteiger partial charge in [0.25, 0.3) is 0 Å². The summed E-state index contributed by atoms with van der Waals surface area (Å²) in [6.45, 7) is 5.12. The molecule has 1 saturated heterocycles. The Morgan fingerprint density at radius 2 is 2.00 bits per heavy atom. The molecule has 2 saturated carbocycles. The first-order valence-electron chi connectivity index (χ1n) is 11.7. The van der Waals surface area contributed by atoms with Crippen molar-refractivity contribution in [3.8, 4) is 11.5 Å². The van der Waals surface area contributed by atoms with E-state index in [0.717, 1.165) is 44.0 Å². The van der Waals surface area contributed by atoms with Crippen LogP contribution in [-0.2, 0) is 21.4 Å². The maximum absolute atomic E-state index is 12.5. The molecule has 1 amide bonds. The number of aldehydes is 1. The Balaban J connectivity index is 0.000000569. The van der Waals surface area contributed by atoms with E-state index >= 15 is 0 Å². The van der Waals surface area contributed by atoms with Crippen molar-refractivity contribution in [1.82, 2.24) is 10.2 Å². The molecule has 1 aromatic carbocycles. The minimum Gasteiger partial charge on any atom is -0.504 e. The lowest BCUT2D eigenvalue weighted by Crippen LogP contribution is -2.63. The number of fused-ring (bicyclic) bond motifs is 2. The number of hydrogen-bond donors (Lipinski definition) is 3. The van der Waals surface area contributed by atoms with E-state index < -0.39 is 6.09 Å². The maximum Gasteiger partial charge on any atom is 0.413 e. The average molecular weight is 461 g/mol. The number of ketones is 1. The van der Waals surface area contributed by atoms with E-state index in [1.54, 1.807) is 6.07 Å². The highest BCUT2D eigenvalue weighted by Gasteiger charge is 2.71. The number of nitrogens with one attached hydrogen (secondary N) is 1. The Hall–Kier alpha value is -2.45. The van der Waals surface area contributed by atoms with Gasteiger partial charge in [-0.15, -0.1) is 0 Å². The Morgan fingerprint density at radius 3 is 2.64 bits per heavy atom. The maximum atomic E-state index is 12.5. The molecule has 0 radical (unpaired) electrons. The van der Waals surface area contributed by atoms with Gasteiger partial charge in [0.15, 0.2) is 11.5 Å². The van der Waals surface area contributed by atoms with Gasteiger partial charge < -0.3 is 30.0 Å². The molecule has 3 N–H and O–H groups in total. The van der Waals surface area contributed by atoms with E-state index in [2.05, 4.69) is 31.1 Å². The molecule has 8 nitrogen and oxygen atoms in total. The van der Waals surface area contributed by atoms with Crippen LogP contribution in [0.5, 0.6) is 11.5 Å². The number of carbonyl (C=O) groups is 3. The zero-order valence-electron chi connectivity index (χ0n) is 20.0. The van der Waals surface area contributed by atoms with Crippen molar-refractivity contribution in [2.75, 3.05) is 27.2 Å². The third-order valence-corrected chi connectivity index (χ3v) is 7.47. The van der Waals surface area contributed by atoms with Gasteiger partial charge in [0, 0.05) is 48.9 Å². The molecule has 2 bridgehead atoms. The van der Waals surface area contributed by atoms with Gasteiger partial charge in [0.05, 0.1) is 6.54 Å². The lowest BCUT2D eigenvalue weighted by atomic mass is 9.59. The van der Waals surface area contributed by atoms with Crippen LogP contribution in [0, 0.1) is 11.3 Å². The highest BCUT2D eigenvalue weighted by atomic mass is 16.6. The van der Waals surface area contributed by atoms with Crippen molar-refractivity contribution in [2.24, 2.45) is 11.3 Å². The quantitative estimate of drug-likeness (QED) is 0.594. The Morgan fingerprint density at radius 1 is 1.30 bits per heavy atom. The van der Waals surface area contributed by atoms with E-state index in [1.807, 2.05) is 6.07 Å². The number of aliphatic hydroxyl groups excluding tert-OH is 1. The third-order valence-electron chi connectivity index (χ3n) is 7.47. The van der Waals surface area contributed by atoms with Gasteiger partial charge in [-0.25, -0.2) is 4.79 Å². The molecule has 1 aliphatic heterocycles. The smallest absolute Gasteiger partial charge is 0.413 e. The van der Waals surface area contributed by atoms with Crippen LogP contribution in [0.4, 0.5) is 4.79 Å². The van der Waals surface area contributed by atoms with Crippen molar-refractivity contribution in [2.45, 2.75) is 63.8 Å². The van der Waals surface area contributed by atoms with Gasteiger partial charge in [-0.05, 0) is 43.9 Å². The van der Waals surface area contributed by atoms with Crippen LogP contribution in [0.1, 0.15) is 57.1 Å². The van der Waals surface area contributed by atoms with E-state index in [9.17, 15) is 19.5 Å². The summed E-state index contributed by atoms with van der Waals surface area (Å²) in [5, 5.41) is 20.4. The molecule has 4 atom stereocenters. The Labute approximate surface area is 195 Å². The number of phenols is 1. The number of carbonyl (C=O) groups excluding carboxylic acids is 3. The zero-order chi connectivity index (χ0) is 24.4. The number of likely N-dealkylation sites (tertiary alicyclic amines) is 1. The number of phenolic OH excluding ortho intramolecular Hbond substituents is 1. The third kappa shape index (κ3) is 4.04. The molecule has 1 heterocycles. The number of amides is 1. The largest absolute Gasteiger partial charge is 0.504 e. The van der Waals surface area contributed by atoms with Crippen LogP contribution < -0.4 is 10.1 Å². The van der Waals surface area contributed by atoms with Gasteiger partial charge in [-0.1, -0.05) is 26.3 Å². The molecule has 8 heteroatoms. The fourth-order valence-electron chi connectivity index (χ4n) is 7.01. The predicted molar refractivity (Wildman–Crippen MR) is 124 cm³/mol. The van der Waals surface area contributed by atoms with E-state index in [0.29, 0.717) is 31.1 Å². The van der Waals surface area contributed by atoms with Crippen LogP contribution in [0.2, 0.25) is 0 Å². The second-order valence-corrected chi connectivity index (χ2v) is 9.68. The summed E-state index contributed by atoms with van der Waals surface area (Å²) in [4.78, 5) is 37.2. The topological polar surface area (TPSA) is 116 Å². The van der Waals surface area contributed by atoms with Gasteiger partial charge in [-0.2, -0.15) is 0 Å². The van der Waals surface area contributed by atoms with Crippen LogP contribution in [0.25, 0.3) is 0 Å². The molecule has 0 aromatic heterocycles. The van der Waals surface area contributed by atoms with Crippen molar-refractivity contribution in [3.63, 3.8) is 0 Å². The summed E-state index contributed by atoms with van der Waals surface area (Å²) >= 11 is 0. The van der Waals surface area contributed by atoms with Gasteiger partial charge in [-0.3, -0.25) is 4.79 Å². The van der Waals surface area contributed by atoms with E-state index in [4.69, 9.17) is 9.84 Å².